The van der Waals surface area contributed by atoms with Crippen LogP contribution in [0.15, 0.2) is 35.4 Å². The lowest BCUT2D eigenvalue weighted by Crippen LogP contribution is -2.08. The van der Waals surface area contributed by atoms with E-state index < -0.39 is 11.6 Å². The summed E-state index contributed by atoms with van der Waals surface area (Å²) in [4.78, 5) is 14.1. The Hall–Kier alpha value is -2.49. The van der Waals surface area contributed by atoms with E-state index in [1.165, 1.54) is 22.9 Å². The third-order valence-corrected chi connectivity index (χ3v) is 2.53. The average Bonchev–Trinajstić information content (AvgIpc) is 2.71. The highest BCUT2D eigenvalue weighted by Crippen LogP contribution is 2.17. The Balaban J connectivity index is 2.40. The number of hydrogen-bond acceptors (Lipinski definition) is 2. The molecule has 4 nitrogen and oxygen atoms in total. The summed E-state index contributed by atoms with van der Waals surface area (Å²) < 4.78 is 37.4. The third kappa shape index (κ3) is 2.68. The molecule has 0 radical (unpaired) electrons. The molecule has 2 aromatic rings. The van der Waals surface area contributed by atoms with E-state index >= 15 is 0 Å². The number of nitrogens with zero attached hydrogens (tertiary/aromatic N) is 2. The second kappa shape index (κ2) is 4.65. The van der Waals surface area contributed by atoms with Gasteiger partial charge in [0.15, 0.2) is 0 Å². The molecule has 2 rings (SSSR count). The highest BCUT2D eigenvalue weighted by molar-refractivity contribution is 5.55. The van der Waals surface area contributed by atoms with Gasteiger partial charge < -0.3 is 9.38 Å². The Labute approximate surface area is 105 Å². The first-order valence-corrected chi connectivity index (χ1v) is 5.28. The number of allylic oxidation sites excluding steroid dienone is 2. The van der Waals surface area contributed by atoms with Crippen LogP contribution in [0.4, 0.5) is 13.2 Å². The van der Waals surface area contributed by atoms with Gasteiger partial charge in [0.05, 0.1) is 0 Å². The maximum atomic E-state index is 12.0. The molecule has 0 spiro atoms. The molecule has 7 heteroatoms. The van der Waals surface area contributed by atoms with Gasteiger partial charge in [0.1, 0.15) is 17.3 Å². The van der Waals surface area contributed by atoms with Crippen LogP contribution in [0.3, 0.4) is 0 Å². The van der Waals surface area contributed by atoms with Crippen LogP contribution in [-0.2, 0) is 6.42 Å². The van der Waals surface area contributed by atoms with E-state index in [9.17, 15) is 18.0 Å². The van der Waals surface area contributed by atoms with Crippen molar-refractivity contribution in [2.24, 2.45) is 0 Å². The van der Waals surface area contributed by atoms with Crippen LogP contribution in [0.5, 0.6) is 0 Å². The smallest absolute Gasteiger partial charge is 0.345 e. The van der Waals surface area contributed by atoms with Gasteiger partial charge in [-0.25, -0.2) is 0 Å². The number of imidazole rings is 1. The molecule has 0 amide bonds. The lowest BCUT2D eigenvalue weighted by Gasteiger charge is -2.00. The van der Waals surface area contributed by atoms with Crippen molar-refractivity contribution in [3.05, 3.63) is 52.1 Å². The van der Waals surface area contributed by atoms with Crippen molar-refractivity contribution in [3.8, 4) is 6.07 Å². The van der Waals surface area contributed by atoms with E-state index in [0.29, 0.717) is 5.69 Å². The van der Waals surface area contributed by atoms with Crippen molar-refractivity contribution in [1.29, 1.82) is 5.26 Å². The maximum absolute atomic E-state index is 12.0. The van der Waals surface area contributed by atoms with Crippen LogP contribution in [0.2, 0.25) is 0 Å². The van der Waals surface area contributed by atoms with Gasteiger partial charge in [-0.15, -0.1) is 0 Å². The minimum atomic E-state index is -4.35. The van der Waals surface area contributed by atoms with Crippen molar-refractivity contribution in [2.45, 2.75) is 12.6 Å². The minimum Gasteiger partial charge on any atom is -0.345 e. The first-order chi connectivity index (χ1) is 8.92. The second-order valence-electron chi connectivity index (χ2n) is 3.81. The van der Waals surface area contributed by atoms with Gasteiger partial charge in [-0.3, -0.25) is 4.79 Å². The van der Waals surface area contributed by atoms with Gasteiger partial charge in [0, 0.05) is 36.7 Å². The molecular weight excluding hydrogens is 259 g/mol. The van der Waals surface area contributed by atoms with E-state index in [4.69, 9.17) is 5.26 Å². The molecule has 0 bridgehead atoms. The van der Waals surface area contributed by atoms with Gasteiger partial charge in [-0.1, -0.05) is 6.08 Å². The van der Waals surface area contributed by atoms with Crippen molar-refractivity contribution < 1.29 is 13.2 Å². The summed E-state index contributed by atoms with van der Waals surface area (Å²) in [6.07, 6.45) is -0.293. The van der Waals surface area contributed by atoms with E-state index in [-0.39, 0.29) is 23.7 Å². The van der Waals surface area contributed by atoms with Gasteiger partial charge in [0.25, 0.3) is 0 Å². The van der Waals surface area contributed by atoms with Crippen molar-refractivity contribution >= 4 is 5.65 Å². The van der Waals surface area contributed by atoms with Crippen molar-refractivity contribution in [3.63, 3.8) is 0 Å². The lowest BCUT2D eigenvalue weighted by molar-refractivity contribution is -0.0800. The molecule has 98 valence electrons. The molecule has 0 unspecified atom stereocenters. The number of fused-ring (bicyclic) bond motifs is 1. The molecule has 0 fully saturated rings. The van der Waals surface area contributed by atoms with E-state index in [2.05, 4.69) is 4.98 Å². The molecule has 0 aromatic carbocycles. The average molecular weight is 267 g/mol. The van der Waals surface area contributed by atoms with Crippen LogP contribution in [-0.4, -0.2) is 15.6 Å². The van der Waals surface area contributed by atoms with E-state index in [0.717, 1.165) is 6.08 Å². The molecule has 0 aliphatic heterocycles. The molecule has 2 aromatic heterocycles. The Morgan fingerprint density at radius 3 is 2.84 bits per heavy atom. The molecule has 0 aliphatic rings. The fraction of sp³-hybridized carbons (Fsp3) is 0.167. The van der Waals surface area contributed by atoms with E-state index in [1.54, 1.807) is 6.07 Å². The Kier molecular flexibility index (Phi) is 3.17. The van der Waals surface area contributed by atoms with Crippen LogP contribution in [0.1, 0.15) is 11.3 Å². The van der Waals surface area contributed by atoms with Crippen molar-refractivity contribution in [1.82, 2.24) is 9.38 Å². The summed E-state index contributed by atoms with van der Waals surface area (Å²) in [6, 6.07) is 2.97. The standard InChI is InChI=1S/C12H8F3N3O/c13-12(14,15)4-1-2-8-7-17-11-9(6-16)10(19)3-5-18(8)11/h1,3-5,7,17H,2H2. The Bertz CT molecular complexity index is 731. The quantitative estimate of drug-likeness (QED) is 0.847. The molecule has 0 saturated heterocycles. The van der Waals surface area contributed by atoms with Gasteiger partial charge in [0.2, 0.25) is 5.43 Å². The zero-order valence-electron chi connectivity index (χ0n) is 9.53. The molecule has 2 heterocycles. The monoisotopic (exact) mass is 267 g/mol. The topological polar surface area (TPSA) is 61.1 Å². The summed E-state index contributed by atoms with van der Waals surface area (Å²) >= 11 is 0. The van der Waals surface area contributed by atoms with Crippen LogP contribution in [0, 0.1) is 11.3 Å². The number of halogens is 3. The van der Waals surface area contributed by atoms with Crippen LogP contribution >= 0.6 is 0 Å². The summed E-state index contributed by atoms with van der Waals surface area (Å²) in [5, 5.41) is 8.86. The highest BCUT2D eigenvalue weighted by Gasteiger charge is 2.21. The third-order valence-electron chi connectivity index (χ3n) is 2.53. The van der Waals surface area contributed by atoms with Gasteiger partial charge >= 0.3 is 6.18 Å². The number of nitrogens with one attached hydrogen (secondary N) is 1. The van der Waals surface area contributed by atoms with Crippen molar-refractivity contribution in [2.75, 3.05) is 0 Å². The maximum Gasteiger partial charge on any atom is 0.409 e. The number of hydrogen-bond donors (Lipinski definition) is 1. The van der Waals surface area contributed by atoms with Crippen LogP contribution < -0.4 is 5.43 Å². The number of nitriles is 1. The van der Waals surface area contributed by atoms with Gasteiger partial charge in [-0.05, 0) is 0 Å². The highest BCUT2D eigenvalue weighted by atomic mass is 19.4. The zero-order chi connectivity index (χ0) is 14.0. The summed E-state index contributed by atoms with van der Waals surface area (Å²) in [6.45, 7) is 0. The molecule has 0 atom stereocenters. The fourth-order valence-corrected chi connectivity index (χ4v) is 1.72. The van der Waals surface area contributed by atoms with E-state index in [1.807, 2.05) is 0 Å². The number of aromatic amines is 1. The molecule has 1 N–H and O–H groups in total. The minimum absolute atomic E-state index is 0.0350. The predicted molar refractivity (Wildman–Crippen MR) is 61.6 cm³/mol. The zero-order valence-corrected chi connectivity index (χ0v) is 9.53. The number of aromatic nitrogens is 2. The fourth-order valence-electron chi connectivity index (χ4n) is 1.72. The summed E-state index contributed by atoms with van der Waals surface area (Å²) in [5.41, 5.74) is 0.313. The number of rotatable bonds is 2. The Morgan fingerprint density at radius 2 is 2.21 bits per heavy atom. The second-order valence-corrected chi connectivity index (χ2v) is 3.81. The molecule has 19 heavy (non-hydrogen) atoms. The number of pyridine rings is 1. The predicted octanol–water partition coefficient (Wildman–Crippen LogP) is 2.16. The van der Waals surface area contributed by atoms with Crippen LogP contribution in [0.25, 0.3) is 5.65 Å². The normalized spacial score (nSPS) is 12.1. The Morgan fingerprint density at radius 1 is 1.47 bits per heavy atom. The largest absolute Gasteiger partial charge is 0.409 e. The SMILES string of the molecule is N#Cc1c(=O)ccn2c(CC=CC(F)(F)F)c[nH]c12. The molecule has 0 aliphatic carbocycles. The molecular formula is C12H8F3N3O. The number of alkyl halides is 3. The summed E-state index contributed by atoms with van der Waals surface area (Å²) in [7, 11) is 0. The lowest BCUT2D eigenvalue weighted by atomic mass is 10.2. The van der Waals surface area contributed by atoms with Gasteiger partial charge in [-0.2, -0.15) is 18.4 Å². The summed E-state index contributed by atoms with van der Waals surface area (Å²) in [5.74, 6) is 0. The molecule has 0 saturated carbocycles. The first-order valence-electron chi connectivity index (χ1n) is 5.28. The number of H-pyrrole nitrogens is 1. The first kappa shape index (κ1) is 13.0.